The van der Waals surface area contributed by atoms with E-state index in [1.807, 2.05) is 13.0 Å². The van der Waals surface area contributed by atoms with Crippen LogP contribution in [0.3, 0.4) is 0 Å². The van der Waals surface area contributed by atoms with E-state index in [1.165, 1.54) is 18.2 Å². The van der Waals surface area contributed by atoms with Crippen molar-refractivity contribution in [2.75, 3.05) is 11.9 Å². The molecule has 3 rings (SSSR count). The van der Waals surface area contributed by atoms with Gasteiger partial charge in [0.2, 0.25) is 0 Å². The van der Waals surface area contributed by atoms with Crippen molar-refractivity contribution in [1.29, 1.82) is 5.26 Å². The summed E-state index contributed by atoms with van der Waals surface area (Å²) in [4.78, 5) is 12.6. The average molecular weight is 564 g/mol. The number of halogens is 4. The number of nitriles is 1. The monoisotopic (exact) mass is 562 g/mol. The first kappa shape index (κ1) is 25.6. The maximum Gasteiger partial charge on any atom is 0.266 e. The molecule has 0 aliphatic rings. The van der Waals surface area contributed by atoms with Crippen LogP contribution in [-0.2, 0) is 11.4 Å². The highest BCUT2D eigenvalue weighted by atomic mass is 79.9. The van der Waals surface area contributed by atoms with Crippen LogP contribution in [0.5, 0.6) is 11.5 Å². The Kier molecular flexibility index (Phi) is 8.94. The van der Waals surface area contributed by atoms with Crippen molar-refractivity contribution in [2.24, 2.45) is 0 Å². The summed E-state index contributed by atoms with van der Waals surface area (Å²) in [7, 11) is 0. The molecular formula is C25H18BrCl2FN2O3. The van der Waals surface area contributed by atoms with Gasteiger partial charge in [-0.25, -0.2) is 4.39 Å². The van der Waals surface area contributed by atoms with Crippen LogP contribution in [0.15, 0.2) is 64.6 Å². The van der Waals surface area contributed by atoms with Crippen molar-refractivity contribution >= 4 is 56.8 Å². The molecule has 3 aromatic carbocycles. The predicted molar refractivity (Wildman–Crippen MR) is 135 cm³/mol. The molecule has 0 radical (unpaired) electrons. The molecule has 0 unspecified atom stereocenters. The minimum Gasteiger partial charge on any atom is -0.490 e. The number of hydrogen-bond acceptors (Lipinski definition) is 4. The second kappa shape index (κ2) is 11.9. The van der Waals surface area contributed by atoms with Crippen molar-refractivity contribution in [3.8, 4) is 17.6 Å². The molecule has 3 aromatic rings. The van der Waals surface area contributed by atoms with Gasteiger partial charge in [0.25, 0.3) is 5.91 Å². The third-order valence-corrected chi connectivity index (χ3v) is 5.97. The molecule has 34 heavy (non-hydrogen) atoms. The molecule has 174 valence electrons. The van der Waals surface area contributed by atoms with E-state index in [1.54, 1.807) is 42.5 Å². The zero-order valence-electron chi connectivity index (χ0n) is 17.9. The maximum atomic E-state index is 13.9. The highest BCUT2D eigenvalue weighted by Gasteiger charge is 2.15. The predicted octanol–water partition coefficient (Wildman–Crippen LogP) is 7.42. The van der Waals surface area contributed by atoms with Gasteiger partial charge in [-0.1, -0.05) is 57.3 Å². The Hall–Kier alpha value is -3.05. The smallest absolute Gasteiger partial charge is 0.266 e. The van der Waals surface area contributed by atoms with Crippen LogP contribution in [0, 0.1) is 17.1 Å². The van der Waals surface area contributed by atoms with E-state index >= 15 is 0 Å². The first-order valence-corrected chi connectivity index (χ1v) is 11.6. The second-order valence-corrected chi connectivity index (χ2v) is 8.56. The molecular weight excluding hydrogens is 546 g/mol. The topological polar surface area (TPSA) is 71.3 Å². The zero-order chi connectivity index (χ0) is 24.7. The van der Waals surface area contributed by atoms with Crippen LogP contribution in [0.25, 0.3) is 6.08 Å². The van der Waals surface area contributed by atoms with Crippen LogP contribution < -0.4 is 14.8 Å². The van der Waals surface area contributed by atoms with Gasteiger partial charge in [0.15, 0.2) is 11.5 Å². The van der Waals surface area contributed by atoms with E-state index in [0.29, 0.717) is 44.4 Å². The Morgan fingerprint density at radius 3 is 2.53 bits per heavy atom. The lowest BCUT2D eigenvalue weighted by atomic mass is 10.1. The molecule has 0 aliphatic heterocycles. The van der Waals surface area contributed by atoms with Crippen LogP contribution in [0.2, 0.25) is 10.0 Å². The van der Waals surface area contributed by atoms with Crippen LogP contribution in [0.1, 0.15) is 18.1 Å². The minimum atomic E-state index is -0.620. The highest BCUT2D eigenvalue weighted by Crippen LogP contribution is 2.35. The fraction of sp³-hybridized carbons (Fsp3) is 0.120. The van der Waals surface area contributed by atoms with Crippen molar-refractivity contribution in [3.63, 3.8) is 0 Å². The summed E-state index contributed by atoms with van der Waals surface area (Å²) >= 11 is 15.3. The molecule has 1 N–H and O–H groups in total. The third kappa shape index (κ3) is 6.51. The largest absolute Gasteiger partial charge is 0.490 e. The molecule has 5 nitrogen and oxygen atoms in total. The number of benzene rings is 3. The maximum absolute atomic E-state index is 13.9. The third-order valence-electron chi connectivity index (χ3n) is 4.55. The van der Waals surface area contributed by atoms with Gasteiger partial charge in [-0.3, -0.25) is 4.79 Å². The van der Waals surface area contributed by atoms with Gasteiger partial charge in [-0.05, 0) is 55.0 Å². The first-order valence-electron chi connectivity index (χ1n) is 10.0. The molecule has 0 fully saturated rings. The van der Waals surface area contributed by atoms with E-state index in [-0.39, 0.29) is 23.0 Å². The van der Waals surface area contributed by atoms with Crippen molar-refractivity contribution in [2.45, 2.75) is 13.5 Å². The number of hydrogen-bond donors (Lipinski definition) is 1. The zero-order valence-corrected chi connectivity index (χ0v) is 21.0. The fourth-order valence-electron chi connectivity index (χ4n) is 2.89. The quantitative estimate of drug-likeness (QED) is 0.229. The van der Waals surface area contributed by atoms with E-state index in [2.05, 4.69) is 21.2 Å². The number of ether oxygens (including phenoxy) is 2. The molecule has 0 atom stereocenters. The second-order valence-electron chi connectivity index (χ2n) is 6.89. The van der Waals surface area contributed by atoms with Gasteiger partial charge in [0.05, 0.1) is 16.7 Å². The molecule has 0 bridgehead atoms. The van der Waals surface area contributed by atoms with Gasteiger partial charge in [0.1, 0.15) is 24.1 Å². The Bertz CT molecular complexity index is 1290. The molecule has 0 aromatic heterocycles. The normalized spacial score (nSPS) is 11.0. The average Bonchev–Trinajstić information content (AvgIpc) is 2.81. The molecule has 0 heterocycles. The van der Waals surface area contributed by atoms with Gasteiger partial charge in [-0.2, -0.15) is 5.26 Å². The molecule has 0 saturated heterocycles. The fourth-order valence-corrected chi connectivity index (χ4v) is 3.62. The van der Waals surface area contributed by atoms with Crippen LogP contribution in [0.4, 0.5) is 10.1 Å². The number of amides is 1. The Morgan fingerprint density at radius 1 is 1.12 bits per heavy atom. The number of rotatable bonds is 8. The van der Waals surface area contributed by atoms with Gasteiger partial charge >= 0.3 is 0 Å². The standard InChI is InChI=1S/C25H18BrCl2FN2O3/c1-2-33-23-10-16(19(26)12-24(23)34-14-15-5-3-4-6-22(15)29)9-17(13-30)25(32)31-18-7-8-20(27)21(28)11-18/h3-12H,2,14H2,1H3,(H,31,32)/b17-9+. The summed E-state index contributed by atoms with van der Waals surface area (Å²) in [5.74, 6) is -0.222. The van der Waals surface area contributed by atoms with Crippen LogP contribution >= 0.6 is 39.1 Å². The van der Waals surface area contributed by atoms with Crippen molar-refractivity contribution < 1.29 is 18.7 Å². The molecule has 1 amide bonds. The van der Waals surface area contributed by atoms with E-state index in [4.69, 9.17) is 32.7 Å². The van der Waals surface area contributed by atoms with Gasteiger partial charge in [-0.15, -0.1) is 0 Å². The summed E-state index contributed by atoms with van der Waals surface area (Å²) in [6, 6.07) is 16.1. The van der Waals surface area contributed by atoms with Crippen LogP contribution in [-0.4, -0.2) is 12.5 Å². The van der Waals surface area contributed by atoms with Crippen molar-refractivity contribution in [1.82, 2.24) is 0 Å². The Balaban J connectivity index is 1.86. The number of carbonyl (C=O) groups excluding carboxylic acids is 1. The SMILES string of the molecule is CCOc1cc(/C=C(\C#N)C(=O)Nc2ccc(Cl)c(Cl)c2)c(Br)cc1OCc1ccccc1F. The summed E-state index contributed by atoms with van der Waals surface area (Å²) in [5.41, 5.74) is 1.17. The minimum absolute atomic E-state index is 0.00385. The lowest BCUT2D eigenvalue weighted by Crippen LogP contribution is -2.13. The molecule has 0 saturated carbocycles. The van der Waals surface area contributed by atoms with E-state index in [9.17, 15) is 14.4 Å². The molecule has 0 spiro atoms. The summed E-state index contributed by atoms with van der Waals surface area (Å²) in [5, 5.41) is 12.8. The highest BCUT2D eigenvalue weighted by molar-refractivity contribution is 9.10. The van der Waals surface area contributed by atoms with Gasteiger partial charge < -0.3 is 14.8 Å². The Labute approximate surface area is 214 Å². The van der Waals surface area contributed by atoms with E-state index in [0.717, 1.165) is 0 Å². The Morgan fingerprint density at radius 2 is 1.85 bits per heavy atom. The van der Waals surface area contributed by atoms with Gasteiger partial charge in [0, 0.05) is 15.7 Å². The lowest BCUT2D eigenvalue weighted by molar-refractivity contribution is -0.112. The lowest BCUT2D eigenvalue weighted by Gasteiger charge is -2.14. The van der Waals surface area contributed by atoms with Crippen molar-refractivity contribution in [3.05, 3.63) is 91.6 Å². The summed E-state index contributed by atoms with van der Waals surface area (Å²) in [6.45, 7) is 2.16. The van der Waals surface area contributed by atoms with E-state index < -0.39 is 5.91 Å². The first-order chi connectivity index (χ1) is 16.3. The summed E-state index contributed by atoms with van der Waals surface area (Å²) in [6.07, 6.45) is 1.42. The number of carbonyl (C=O) groups is 1. The molecule has 9 heteroatoms. The molecule has 0 aliphatic carbocycles. The number of nitrogens with one attached hydrogen (secondary N) is 1. The summed E-state index contributed by atoms with van der Waals surface area (Å²) < 4.78 is 25.9. The number of nitrogens with zero attached hydrogens (tertiary/aromatic N) is 1. The number of anilines is 1.